The molecule has 8 heteroatoms. The predicted molar refractivity (Wildman–Crippen MR) is 116 cm³/mol. The molecule has 0 bridgehead atoms. The lowest BCUT2D eigenvalue weighted by molar-refractivity contribution is 0.0893. The Morgan fingerprint density at radius 3 is 2.39 bits per heavy atom. The van der Waals surface area contributed by atoms with E-state index in [1.807, 2.05) is 37.3 Å². The third kappa shape index (κ3) is 5.18. The molecule has 1 aliphatic heterocycles. The summed E-state index contributed by atoms with van der Waals surface area (Å²) in [6.45, 7) is 2.86. The van der Waals surface area contributed by atoms with Gasteiger partial charge in [0.15, 0.2) is 0 Å². The first kappa shape index (κ1) is 21.2. The molecule has 1 aromatic heterocycles. The Morgan fingerprint density at radius 1 is 1.06 bits per heavy atom. The number of carboxylic acid groups (broad SMARTS) is 1. The molecule has 4 rings (SSSR count). The van der Waals surface area contributed by atoms with Crippen molar-refractivity contribution in [3.8, 4) is 11.4 Å². The van der Waals surface area contributed by atoms with Gasteiger partial charge in [0.2, 0.25) is 0 Å². The van der Waals surface area contributed by atoms with E-state index < -0.39 is 6.09 Å². The van der Waals surface area contributed by atoms with Gasteiger partial charge in [0.05, 0.1) is 11.4 Å². The van der Waals surface area contributed by atoms with Crippen LogP contribution < -0.4 is 10.1 Å². The third-order valence-corrected chi connectivity index (χ3v) is 6.10. The smallest absolute Gasteiger partial charge is 0.407 e. The number of benzene rings is 1. The minimum atomic E-state index is -0.874. The Bertz CT molecular complexity index is 910. The highest BCUT2D eigenvalue weighted by atomic mass is 16.5. The number of aromatic nitrogens is 2. The molecule has 0 atom stereocenters. The number of nitrogens with one attached hydrogen (secondary N) is 1. The zero-order chi connectivity index (χ0) is 21.8. The van der Waals surface area contributed by atoms with Crippen molar-refractivity contribution in [3.05, 3.63) is 41.7 Å². The molecule has 8 nitrogen and oxygen atoms in total. The van der Waals surface area contributed by atoms with Crippen molar-refractivity contribution < 1.29 is 19.4 Å². The van der Waals surface area contributed by atoms with Crippen molar-refractivity contribution in [1.82, 2.24) is 20.0 Å². The Morgan fingerprint density at radius 2 is 1.74 bits per heavy atom. The number of aryl methyl sites for hydroxylation is 1. The fraction of sp³-hybridized carbons (Fsp3) is 0.522. The van der Waals surface area contributed by atoms with E-state index in [1.165, 1.54) is 24.2 Å². The van der Waals surface area contributed by atoms with Crippen LogP contribution in [0.25, 0.3) is 5.69 Å². The number of hydrogen-bond donors (Lipinski definition) is 2. The summed E-state index contributed by atoms with van der Waals surface area (Å²) >= 11 is 0. The van der Waals surface area contributed by atoms with Crippen molar-refractivity contribution >= 4 is 12.0 Å². The van der Waals surface area contributed by atoms with Gasteiger partial charge in [-0.25, -0.2) is 9.48 Å². The SMILES string of the molecule is Cc1cc(C(=O)NC2CCCCC2)n(-c2ccc(OC3CCN(C(=O)O)CC3)cc2)n1. The maximum Gasteiger partial charge on any atom is 0.407 e. The number of carbonyl (C=O) groups is 2. The Balaban J connectivity index is 1.41. The Kier molecular flexibility index (Phi) is 6.44. The standard InChI is InChI=1S/C23H30N4O4/c1-16-15-21(22(28)24-17-5-3-2-4-6-17)27(25-16)18-7-9-19(10-8-18)31-20-11-13-26(14-12-20)23(29)30/h7-10,15,17,20H,2-6,11-14H2,1H3,(H,24,28)(H,29,30). The van der Waals surface area contributed by atoms with Gasteiger partial charge in [-0.05, 0) is 50.1 Å². The molecule has 2 aliphatic rings. The van der Waals surface area contributed by atoms with Gasteiger partial charge in [0.25, 0.3) is 5.91 Å². The van der Waals surface area contributed by atoms with Crippen LogP contribution in [0.3, 0.4) is 0 Å². The molecular formula is C23H30N4O4. The van der Waals surface area contributed by atoms with Crippen molar-refractivity contribution in [2.45, 2.75) is 64.0 Å². The van der Waals surface area contributed by atoms with Gasteiger partial charge in [0, 0.05) is 32.0 Å². The van der Waals surface area contributed by atoms with E-state index >= 15 is 0 Å². The molecule has 0 spiro atoms. The molecule has 1 saturated heterocycles. The third-order valence-electron chi connectivity index (χ3n) is 6.10. The Hall–Kier alpha value is -3.03. The largest absolute Gasteiger partial charge is 0.490 e. The topological polar surface area (TPSA) is 96.7 Å². The molecule has 0 radical (unpaired) electrons. The van der Waals surface area contributed by atoms with Crippen LogP contribution >= 0.6 is 0 Å². The first-order valence-corrected chi connectivity index (χ1v) is 11.1. The van der Waals surface area contributed by atoms with Crippen LogP contribution in [0.4, 0.5) is 4.79 Å². The molecule has 2 heterocycles. The highest BCUT2D eigenvalue weighted by Gasteiger charge is 2.24. The number of rotatable bonds is 5. The molecule has 2 fully saturated rings. The minimum Gasteiger partial charge on any atom is -0.490 e. The normalized spacial score (nSPS) is 18.0. The monoisotopic (exact) mass is 426 g/mol. The van der Waals surface area contributed by atoms with Gasteiger partial charge in [-0.3, -0.25) is 4.79 Å². The number of piperidine rings is 1. The number of nitrogens with zero attached hydrogens (tertiary/aromatic N) is 3. The van der Waals surface area contributed by atoms with Crippen LogP contribution in [-0.4, -0.2) is 57.0 Å². The molecule has 0 unspecified atom stereocenters. The second kappa shape index (κ2) is 9.41. The quantitative estimate of drug-likeness (QED) is 0.759. The second-order valence-electron chi connectivity index (χ2n) is 8.47. The molecule has 2 N–H and O–H groups in total. The highest BCUT2D eigenvalue weighted by molar-refractivity contribution is 5.93. The number of ether oxygens (including phenoxy) is 1. The predicted octanol–water partition coefficient (Wildman–Crippen LogP) is 3.76. The highest BCUT2D eigenvalue weighted by Crippen LogP contribution is 2.23. The first-order valence-electron chi connectivity index (χ1n) is 11.1. The average molecular weight is 427 g/mol. The van der Waals surface area contributed by atoms with Crippen LogP contribution in [0.2, 0.25) is 0 Å². The maximum atomic E-state index is 12.9. The number of hydrogen-bond acceptors (Lipinski definition) is 4. The van der Waals surface area contributed by atoms with E-state index in [4.69, 9.17) is 9.84 Å². The van der Waals surface area contributed by atoms with E-state index in [-0.39, 0.29) is 18.1 Å². The van der Waals surface area contributed by atoms with E-state index in [1.54, 1.807) is 4.68 Å². The molecule has 2 aromatic rings. The van der Waals surface area contributed by atoms with Crippen LogP contribution in [-0.2, 0) is 0 Å². The van der Waals surface area contributed by atoms with Crippen molar-refractivity contribution in [2.24, 2.45) is 0 Å². The zero-order valence-corrected chi connectivity index (χ0v) is 17.9. The second-order valence-corrected chi connectivity index (χ2v) is 8.47. The fourth-order valence-corrected chi connectivity index (χ4v) is 4.39. The summed E-state index contributed by atoms with van der Waals surface area (Å²) in [5, 5.41) is 16.7. The zero-order valence-electron chi connectivity index (χ0n) is 17.9. The van der Waals surface area contributed by atoms with Crippen LogP contribution in [0.15, 0.2) is 30.3 Å². The molecule has 1 saturated carbocycles. The Labute approximate surface area is 182 Å². The van der Waals surface area contributed by atoms with Crippen molar-refractivity contribution in [2.75, 3.05) is 13.1 Å². The van der Waals surface area contributed by atoms with E-state index in [0.29, 0.717) is 31.6 Å². The van der Waals surface area contributed by atoms with Crippen molar-refractivity contribution in [3.63, 3.8) is 0 Å². The summed E-state index contributed by atoms with van der Waals surface area (Å²) in [6, 6.07) is 9.60. The van der Waals surface area contributed by atoms with Gasteiger partial charge in [0.1, 0.15) is 17.5 Å². The maximum absolute atomic E-state index is 12.9. The van der Waals surface area contributed by atoms with Crippen molar-refractivity contribution in [1.29, 1.82) is 0 Å². The lowest BCUT2D eigenvalue weighted by Gasteiger charge is -2.30. The molecular weight excluding hydrogens is 396 g/mol. The lowest BCUT2D eigenvalue weighted by Crippen LogP contribution is -2.41. The number of likely N-dealkylation sites (tertiary alicyclic amines) is 1. The van der Waals surface area contributed by atoms with Crippen LogP contribution in [0.5, 0.6) is 5.75 Å². The number of amides is 2. The van der Waals surface area contributed by atoms with E-state index in [9.17, 15) is 9.59 Å². The molecule has 1 aliphatic carbocycles. The van der Waals surface area contributed by atoms with Crippen LogP contribution in [0, 0.1) is 6.92 Å². The summed E-state index contributed by atoms with van der Waals surface area (Å²) in [4.78, 5) is 25.3. The summed E-state index contributed by atoms with van der Waals surface area (Å²) in [6.07, 6.45) is 6.14. The molecule has 31 heavy (non-hydrogen) atoms. The summed E-state index contributed by atoms with van der Waals surface area (Å²) < 4.78 is 7.71. The van der Waals surface area contributed by atoms with Crippen LogP contribution in [0.1, 0.15) is 61.1 Å². The summed E-state index contributed by atoms with van der Waals surface area (Å²) in [7, 11) is 0. The minimum absolute atomic E-state index is 0.00484. The number of carbonyl (C=O) groups excluding carboxylic acids is 1. The molecule has 2 amide bonds. The summed E-state index contributed by atoms with van der Waals surface area (Å²) in [5.41, 5.74) is 2.13. The van der Waals surface area contributed by atoms with Gasteiger partial charge in [-0.2, -0.15) is 5.10 Å². The lowest BCUT2D eigenvalue weighted by atomic mass is 9.95. The van der Waals surface area contributed by atoms with E-state index in [2.05, 4.69) is 10.4 Å². The van der Waals surface area contributed by atoms with Gasteiger partial charge in [-0.1, -0.05) is 19.3 Å². The van der Waals surface area contributed by atoms with E-state index in [0.717, 1.165) is 30.0 Å². The molecule has 166 valence electrons. The van der Waals surface area contributed by atoms with Gasteiger partial charge < -0.3 is 20.1 Å². The summed E-state index contributed by atoms with van der Waals surface area (Å²) in [5.74, 6) is 0.646. The molecule has 1 aromatic carbocycles. The van der Waals surface area contributed by atoms with Gasteiger partial charge >= 0.3 is 6.09 Å². The fourth-order valence-electron chi connectivity index (χ4n) is 4.39. The first-order chi connectivity index (χ1) is 15.0. The van der Waals surface area contributed by atoms with Gasteiger partial charge in [-0.15, -0.1) is 0 Å². The average Bonchev–Trinajstić information content (AvgIpc) is 3.17.